The zero-order chi connectivity index (χ0) is 12.3. The highest BCUT2D eigenvalue weighted by Gasteiger charge is 2.07. The summed E-state index contributed by atoms with van der Waals surface area (Å²) in [4.78, 5) is 14.5. The fourth-order valence-corrected chi connectivity index (χ4v) is 1.97. The molecule has 90 valence electrons. The van der Waals surface area contributed by atoms with Crippen molar-refractivity contribution in [3.63, 3.8) is 0 Å². The van der Waals surface area contributed by atoms with Gasteiger partial charge in [-0.05, 0) is 38.0 Å². The molecule has 0 saturated carbocycles. The van der Waals surface area contributed by atoms with Crippen molar-refractivity contribution in [3.8, 4) is 0 Å². The molecule has 3 nitrogen and oxygen atoms in total. The largest absolute Gasteiger partial charge is 0.466 e. The summed E-state index contributed by atoms with van der Waals surface area (Å²) in [5.74, 6) is -0.130. The number of nitrogens with one attached hydrogen (secondary N) is 1. The van der Waals surface area contributed by atoms with Crippen LogP contribution in [0.1, 0.15) is 24.5 Å². The predicted octanol–water partition coefficient (Wildman–Crippen LogP) is 2.97. The number of aromatic amines is 1. The molecule has 0 radical (unpaired) electrons. The van der Waals surface area contributed by atoms with Crippen LogP contribution < -0.4 is 0 Å². The maximum absolute atomic E-state index is 11.3. The summed E-state index contributed by atoms with van der Waals surface area (Å²) in [6.45, 7) is 4.35. The van der Waals surface area contributed by atoms with Crippen molar-refractivity contribution in [2.24, 2.45) is 0 Å². The van der Waals surface area contributed by atoms with Gasteiger partial charge in [-0.3, -0.25) is 4.79 Å². The lowest BCUT2D eigenvalue weighted by atomic mass is 10.1. The second-order valence-corrected chi connectivity index (χ2v) is 4.17. The molecule has 1 aromatic heterocycles. The lowest BCUT2D eigenvalue weighted by Crippen LogP contribution is -2.04. The highest BCUT2D eigenvalue weighted by Crippen LogP contribution is 2.20. The molecule has 3 heteroatoms. The Morgan fingerprint density at radius 3 is 3.00 bits per heavy atom. The highest BCUT2D eigenvalue weighted by atomic mass is 16.5. The van der Waals surface area contributed by atoms with Crippen molar-refractivity contribution in [2.75, 3.05) is 6.61 Å². The minimum atomic E-state index is -0.130. The third-order valence-corrected chi connectivity index (χ3v) is 2.83. The van der Waals surface area contributed by atoms with Crippen LogP contribution in [0.3, 0.4) is 0 Å². The first kappa shape index (κ1) is 11.7. The van der Waals surface area contributed by atoms with Crippen LogP contribution in [0.15, 0.2) is 24.4 Å². The van der Waals surface area contributed by atoms with E-state index in [1.165, 1.54) is 16.5 Å². The molecule has 1 N–H and O–H groups in total. The quantitative estimate of drug-likeness (QED) is 0.822. The van der Waals surface area contributed by atoms with Crippen LogP contribution in [-0.2, 0) is 16.0 Å². The Hall–Kier alpha value is -1.77. The van der Waals surface area contributed by atoms with Crippen molar-refractivity contribution in [1.82, 2.24) is 4.98 Å². The van der Waals surface area contributed by atoms with Crippen LogP contribution in [-0.4, -0.2) is 17.6 Å². The number of benzene rings is 1. The Labute approximate surface area is 101 Å². The number of carbonyl (C=O) groups excluding carboxylic acids is 1. The Kier molecular flexibility index (Phi) is 3.47. The maximum Gasteiger partial charge on any atom is 0.306 e. The molecule has 0 unspecified atom stereocenters. The molecular formula is C14H17NO2. The zero-order valence-electron chi connectivity index (χ0n) is 10.2. The lowest BCUT2D eigenvalue weighted by molar-refractivity contribution is -0.143. The summed E-state index contributed by atoms with van der Waals surface area (Å²) in [5, 5.41) is 1.20. The third kappa shape index (κ3) is 2.67. The van der Waals surface area contributed by atoms with E-state index in [0.717, 1.165) is 11.9 Å². The van der Waals surface area contributed by atoms with Gasteiger partial charge < -0.3 is 9.72 Å². The highest BCUT2D eigenvalue weighted by molar-refractivity contribution is 5.84. The van der Waals surface area contributed by atoms with Gasteiger partial charge in [0.2, 0.25) is 0 Å². The van der Waals surface area contributed by atoms with Crippen molar-refractivity contribution in [3.05, 3.63) is 35.5 Å². The van der Waals surface area contributed by atoms with Gasteiger partial charge in [0.15, 0.2) is 0 Å². The number of carbonyl (C=O) groups is 1. The van der Waals surface area contributed by atoms with Crippen LogP contribution in [0.25, 0.3) is 10.9 Å². The monoisotopic (exact) mass is 231 g/mol. The summed E-state index contributed by atoms with van der Waals surface area (Å²) in [5.41, 5.74) is 3.53. The minimum absolute atomic E-state index is 0.130. The van der Waals surface area contributed by atoms with Crippen molar-refractivity contribution < 1.29 is 9.53 Å². The minimum Gasteiger partial charge on any atom is -0.466 e. The van der Waals surface area contributed by atoms with Crippen molar-refractivity contribution in [2.45, 2.75) is 26.7 Å². The molecule has 2 aromatic rings. The summed E-state index contributed by atoms with van der Waals surface area (Å²) in [6, 6.07) is 6.29. The summed E-state index contributed by atoms with van der Waals surface area (Å²) < 4.78 is 4.93. The molecular weight excluding hydrogens is 214 g/mol. The van der Waals surface area contributed by atoms with E-state index in [2.05, 4.69) is 30.1 Å². The maximum atomic E-state index is 11.3. The van der Waals surface area contributed by atoms with E-state index in [-0.39, 0.29) is 5.97 Å². The van der Waals surface area contributed by atoms with Crippen LogP contribution in [0, 0.1) is 6.92 Å². The number of rotatable bonds is 4. The molecule has 0 amide bonds. The second kappa shape index (κ2) is 5.04. The van der Waals surface area contributed by atoms with Crippen LogP contribution in [0.2, 0.25) is 0 Å². The number of aryl methyl sites for hydroxylation is 2. The van der Waals surface area contributed by atoms with E-state index in [9.17, 15) is 4.79 Å². The zero-order valence-corrected chi connectivity index (χ0v) is 10.2. The summed E-state index contributed by atoms with van der Waals surface area (Å²) in [7, 11) is 0. The van der Waals surface area contributed by atoms with Gasteiger partial charge in [-0.25, -0.2) is 0 Å². The third-order valence-electron chi connectivity index (χ3n) is 2.83. The molecule has 0 bridgehead atoms. The average Bonchev–Trinajstić information content (AvgIpc) is 2.69. The van der Waals surface area contributed by atoms with E-state index < -0.39 is 0 Å². The van der Waals surface area contributed by atoms with Gasteiger partial charge in [0.25, 0.3) is 0 Å². The van der Waals surface area contributed by atoms with Gasteiger partial charge in [0.1, 0.15) is 0 Å². The smallest absolute Gasteiger partial charge is 0.306 e. The Morgan fingerprint density at radius 1 is 1.41 bits per heavy atom. The van der Waals surface area contributed by atoms with Gasteiger partial charge in [0.05, 0.1) is 6.61 Å². The number of ether oxygens (including phenoxy) is 1. The normalized spacial score (nSPS) is 10.7. The Morgan fingerprint density at radius 2 is 2.24 bits per heavy atom. The topological polar surface area (TPSA) is 42.1 Å². The number of hydrogen-bond acceptors (Lipinski definition) is 2. The molecule has 17 heavy (non-hydrogen) atoms. The first-order chi connectivity index (χ1) is 8.20. The van der Waals surface area contributed by atoms with E-state index in [0.29, 0.717) is 13.0 Å². The Balaban J connectivity index is 2.13. The number of hydrogen-bond donors (Lipinski definition) is 1. The van der Waals surface area contributed by atoms with Gasteiger partial charge in [-0.1, -0.05) is 11.6 Å². The first-order valence-electron chi connectivity index (χ1n) is 5.93. The predicted molar refractivity (Wildman–Crippen MR) is 68.0 cm³/mol. The van der Waals surface area contributed by atoms with Gasteiger partial charge in [-0.2, -0.15) is 0 Å². The molecule has 0 aliphatic heterocycles. The molecule has 0 atom stereocenters. The molecule has 0 fully saturated rings. The van der Waals surface area contributed by atoms with Gasteiger partial charge in [0, 0.05) is 23.5 Å². The molecule has 1 aromatic carbocycles. The summed E-state index contributed by atoms with van der Waals surface area (Å²) >= 11 is 0. The molecule has 0 saturated heterocycles. The van der Waals surface area contributed by atoms with Crippen LogP contribution >= 0.6 is 0 Å². The number of esters is 1. The van der Waals surface area contributed by atoms with E-state index >= 15 is 0 Å². The SMILES string of the molecule is CCOC(=O)CCc1c[nH]c2ccc(C)cc12. The molecule has 0 aliphatic carbocycles. The number of fused-ring (bicyclic) bond motifs is 1. The Bertz CT molecular complexity index is 528. The van der Waals surface area contributed by atoms with Gasteiger partial charge >= 0.3 is 5.97 Å². The fraction of sp³-hybridized carbons (Fsp3) is 0.357. The first-order valence-corrected chi connectivity index (χ1v) is 5.93. The van der Waals surface area contributed by atoms with E-state index in [1.807, 2.05) is 13.1 Å². The molecule has 1 heterocycles. The summed E-state index contributed by atoms with van der Waals surface area (Å²) in [6.07, 6.45) is 3.14. The molecule has 0 aliphatic rings. The van der Waals surface area contributed by atoms with E-state index in [1.54, 1.807) is 0 Å². The van der Waals surface area contributed by atoms with Crippen molar-refractivity contribution in [1.29, 1.82) is 0 Å². The average molecular weight is 231 g/mol. The van der Waals surface area contributed by atoms with E-state index in [4.69, 9.17) is 4.74 Å². The van der Waals surface area contributed by atoms with Crippen LogP contribution in [0.4, 0.5) is 0 Å². The standard InChI is InChI=1S/C14H17NO2/c1-3-17-14(16)7-5-11-9-15-13-6-4-10(2)8-12(11)13/h4,6,8-9,15H,3,5,7H2,1-2H3. The fourth-order valence-electron chi connectivity index (χ4n) is 1.97. The van der Waals surface area contributed by atoms with Crippen molar-refractivity contribution >= 4 is 16.9 Å². The van der Waals surface area contributed by atoms with Gasteiger partial charge in [-0.15, -0.1) is 0 Å². The van der Waals surface area contributed by atoms with Crippen LogP contribution in [0.5, 0.6) is 0 Å². The second-order valence-electron chi connectivity index (χ2n) is 4.17. The number of aromatic nitrogens is 1. The molecule has 2 rings (SSSR count). The molecule has 0 spiro atoms. The number of H-pyrrole nitrogens is 1. The lowest BCUT2D eigenvalue weighted by Gasteiger charge is -2.01.